The Morgan fingerprint density at radius 3 is 2.56 bits per heavy atom. The zero-order chi connectivity index (χ0) is 12.5. The zero-order valence-electron chi connectivity index (χ0n) is 10.7. The Morgan fingerprint density at radius 1 is 1.17 bits per heavy atom. The topological polar surface area (TPSA) is 29.3 Å². The number of likely N-dealkylation sites (tertiary alicyclic amines) is 1. The van der Waals surface area contributed by atoms with Crippen molar-refractivity contribution in [2.24, 2.45) is 17.6 Å². The van der Waals surface area contributed by atoms with E-state index in [1.54, 1.807) is 6.07 Å². The molecule has 1 heterocycles. The maximum absolute atomic E-state index is 13.3. The number of rotatable bonds is 3. The normalized spacial score (nSPS) is 27.7. The van der Waals surface area contributed by atoms with Gasteiger partial charge in [0.2, 0.25) is 0 Å². The first-order chi connectivity index (χ1) is 8.76. The lowest BCUT2D eigenvalue weighted by atomic mass is 10.0. The van der Waals surface area contributed by atoms with Gasteiger partial charge in [0, 0.05) is 26.2 Å². The van der Waals surface area contributed by atoms with Crippen molar-refractivity contribution in [1.29, 1.82) is 0 Å². The highest BCUT2D eigenvalue weighted by atomic mass is 19.1. The molecule has 2 atom stereocenters. The first-order valence-corrected chi connectivity index (χ1v) is 6.96. The predicted molar refractivity (Wildman–Crippen MR) is 70.4 cm³/mol. The standard InChI is InChI=1S/C15H21FN2/c16-15-5-4-11(7-17)14(6-15)10-18-8-12-2-1-3-13(12)9-18/h4-6,12-13H,1-3,7-10,17H2. The van der Waals surface area contributed by atoms with E-state index in [0.717, 1.165) is 29.5 Å². The van der Waals surface area contributed by atoms with Crippen molar-refractivity contribution in [3.8, 4) is 0 Å². The number of fused-ring (bicyclic) bond motifs is 1. The lowest BCUT2D eigenvalue weighted by Crippen LogP contribution is -2.22. The maximum Gasteiger partial charge on any atom is 0.123 e. The molecule has 1 aromatic carbocycles. The average Bonchev–Trinajstić information content (AvgIpc) is 2.90. The summed E-state index contributed by atoms with van der Waals surface area (Å²) >= 11 is 0. The van der Waals surface area contributed by atoms with Crippen molar-refractivity contribution in [3.63, 3.8) is 0 Å². The SMILES string of the molecule is NCc1ccc(F)cc1CN1CC2CCCC2C1. The third-order valence-corrected chi connectivity index (χ3v) is 4.58. The molecule has 98 valence electrons. The molecule has 0 aromatic heterocycles. The summed E-state index contributed by atoms with van der Waals surface area (Å²) in [4.78, 5) is 2.47. The summed E-state index contributed by atoms with van der Waals surface area (Å²) in [5.41, 5.74) is 7.87. The molecule has 2 fully saturated rings. The van der Waals surface area contributed by atoms with Crippen LogP contribution in [0.25, 0.3) is 0 Å². The molecule has 2 nitrogen and oxygen atoms in total. The minimum absolute atomic E-state index is 0.151. The minimum Gasteiger partial charge on any atom is -0.326 e. The van der Waals surface area contributed by atoms with E-state index >= 15 is 0 Å². The molecule has 3 rings (SSSR count). The number of nitrogens with two attached hydrogens (primary N) is 1. The van der Waals surface area contributed by atoms with Gasteiger partial charge < -0.3 is 5.73 Å². The molecule has 1 saturated carbocycles. The van der Waals surface area contributed by atoms with Crippen LogP contribution in [0.5, 0.6) is 0 Å². The highest BCUT2D eigenvalue weighted by molar-refractivity contribution is 5.28. The van der Waals surface area contributed by atoms with Crippen molar-refractivity contribution in [2.75, 3.05) is 13.1 Å². The second-order valence-corrected chi connectivity index (χ2v) is 5.76. The molecular formula is C15H21FN2. The van der Waals surface area contributed by atoms with Crippen LogP contribution in [-0.2, 0) is 13.1 Å². The molecule has 2 aliphatic rings. The van der Waals surface area contributed by atoms with Crippen LogP contribution < -0.4 is 5.73 Å². The molecule has 2 N–H and O–H groups in total. The molecule has 2 unspecified atom stereocenters. The van der Waals surface area contributed by atoms with Gasteiger partial charge >= 0.3 is 0 Å². The molecule has 1 saturated heterocycles. The van der Waals surface area contributed by atoms with E-state index in [1.807, 2.05) is 6.07 Å². The summed E-state index contributed by atoms with van der Waals surface area (Å²) in [6.07, 6.45) is 4.17. The highest BCUT2D eigenvalue weighted by Gasteiger charge is 2.35. The Hall–Kier alpha value is -0.930. The van der Waals surface area contributed by atoms with Gasteiger partial charge in [-0.25, -0.2) is 4.39 Å². The van der Waals surface area contributed by atoms with Crippen LogP contribution in [0, 0.1) is 17.7 Å². The van der Waals surface area contributed by atoms with E-state index in [4.69, 9.17) is 5.73 Å². The van der Waals surface area contributed by atoms with Gasteiger partial charge in [0.1, 0.15) is 5.82 Å². The van der Waals surface area contributed by atoms with Gasteiger partial charge in [-0.1, -0.05) is 12.5 Å². The number of halogens is 1. The van der Waals surface area contributed by atoms with E-state index in [-0.39, 0.29) is 5.82 Å². The van der Waals surface area contributed by atoms with Crippen molar-refractivity contribution in [1.82, 2.24) is 4.90 Å². The lowest BCUT2D eigenvalue weighted by Gasteiger charge is -2.18. The smallest absolute Gasteiger partial charge is 0.123 e. The molecule has 18 heavy (non-hydrogen) atoms. The number of hydrogen-bond donors (Lipinski definition) is 1. The fraction of sp³-hybridized carbons (Fsp3) is 0.600. The number of hydrogen-bond acceptors (Lipinski definition) is 2. The van der Waals surface area contributed by atoms with Gasteiger partial charge in [0.25, 0.3) is 0 Å². The van der Waals surface area contributed by atoms with Crippen LogP contribution in [0.4, 0.5) is 4.39 Å². The molecule has 1 aliphatic carbocycles. The molecule has 0 spiro atoms. The highest BCUT2D eigenvalue weighted by Crippen LogP contribution is 2.38. The third kappa shape index (κ3) is 2.29. The largest absolute Gasteiger partial charge is 0.326 e. The number of nitrogens with zero attached hydrogens (tertiary/aromatic N) is 1. The molecule has 3 heteroatoms. The van der Waals surface area contributed by atoms with Crippen LogP contribution in [0.15, 0.2) is 18.2 Å². The van der Waals surface area contributed by atoms with Gasteiger partial charge in [0.05, 0.1) is 0 Å². The summed E-state index contributed by atoms with van der Waals surface area (Å²) in [5.74, 6) is 1.63. The summed E-state index contributed by atoms with van der Waals surface area (Å²) in [6.45, 7) is 3.73. The minimum atomic E-state index is -0.151. The molecule has 0 amide bonds. The lowest BCUT2D eigenvalue weighted by molar-refractivity contribution is 0.302. The molecule has 0 bridgehead atoms. The fourth-order valence-electron chi connectivity index (χ4n) is 3.64. The van der Waals surface area contributed by atoms with Gasteiger partial charge in [-0.2, -0.15) is 0 Å². The second kappa shape index (κ2) is 4.98. The number of benzene rings is 1. The van der Waals surface area contributed by atoms with E-state index in [9.17, 15) is 4.39 Å². The van der Waals surface area contributed by atoms with Crippen LogP contribution >= 0.6 is 0 Å². The Labute approximate surface area is 108 Å². The van der Waals surface area contributed by atoms with Gasteiger partial charge in [-0.3, -0.25) is 4.90 Å². The first-order valence-electron chi connectivity index (χ1n) is 6.96. The van der Waals surface area contributed by atoms with Crippen molar-refractivity contribution < 1.29 is 4.39 Å². The Balaban J connectivity index is 1.71. The molecular weight excluding hydrogens is 227 g/mol. The predicted octanol–water partition coefficient (Wildman–Crippen LogP) is 2.52. The Bertz CT molecular complexity index is 421. The van der Waals surface area contributed by atoms with E-state index in [1.165, 1.54) is 38.4 Å². The molecule has 0 radical (unpaired) electrons. The quantitative estimate of drug-likeness (QED) is 0.890. The van der Waals surface area contributed by atoms with Crippen LogP contribution in [0.3, 0.4) is 0 Å². The van der Waals surface area contributed by atoms with Gasteiger partial charge in [-0.15, -0.1) is 0 Å². The molecule has 1 aliphatic heterocycles. The van der Waals surface area contributed by atoms with E-state index in [0.29, 0.717) is 6.54 Å². The van der Waals surface area contributed by atoms with Crippen molar-refractivity contribution in [3.05, 3.63) is 35.1 Å². The average molecular weight is 248 g/mol. The van der Waals surface area contributed by atoms with Crippen LogP contribution in [-0.4, -0.2) is 18.0 Å². The summed E-state index contributed by atoms with van der Waals surface area (Å²) in [5, 5.41) is 0. The van der Waals surface area contributed by atoms with Gasteiger partial charge in [0.15, 0.2) is 0 Å². The van der Waals surface area contributed by atoms with Crippen molar-refractivity contribution >= 4 is 0 Å². The molecule has 1 aromatic rings. The second-order valence-electron chi connectivity index (χ2n) is 5.76. The van der Waals surface area contributed by atoms with Crippen LogP contribution in [0.1, 0.15) is 30.4 Å². The van der Waals surface area contributed by atoms with Gasteiger partial charge in [-0.05, 0) is 47.9 Å². The third-order valence-electron chi connectivity index (χ3n) is 4.58. The van der Waals surface area contributed by atoms with Crippen LogP contribution in [0.2, 0.25) is 0 Å². The Kier molecular flexibility index (Phi) is 3.35. The van der Waals surface area contributed by atoms with E-state index in [2.05, 4.69) is 4.90 Å². The monoisotopic (exact) mass is 248 g/mol. The fourth-order valence-corrected chi connectivity index (χ4v) is 3.64. The maximum atomic E-state index is 13.3. The first kappa shape index (κ1) is 12.1. The zero-order valence-corrected chi connectivity index (χ0v) is 10.7. The summed E-state index contributed by atoms with van der Waals surface area (Å²) in [6, 6.07) is 4.97. The summed E-state index contributed by atoms with van der Waals surface area (Å²) in [7, 11) is 0. The summed E-state index contributed by atoms with van der Waals surface area (Å²) < 4.78 is 13.3. The van der Waals surface area contributed by atoms with E-state index < -0.39 is 0 Å². The van der Waals surface area contributed by atoms with Crippen molar-refractivity contribution in [2.45, 2.75) is 32.4 Å². The Morgan fingerprint density at radius 2 is 1.89 bits per heavy atom.